The monoisotopic (exact) mass is 358 g/mol. The van der Waals surface area contributed by atoms with Crippen molar-refractivity contribution >= 4 is 21.9 Å². The van der Waals surface area contributed by atoms with Crippen molar-refractivity contribution < 1.29 is 27.5 Å². The number of methoxy groups -OCH3 is 1. The van der Waals surface area contributed by atoms with Crippen molar-refractivity contribution in [3.63, 3.8) is 0 Å². The topological polar surface area (TPSA) is 93.2 Å². The van der Waals surface area contributed by atoms with E-state index in [1.807, 2.05) is 0 Å². The molecule has 0 aromatic heterocycles. The second-order valence-electron chi connectivity index (χ2n) is 5.43. The summed E-state index contributed by atoms with van der Waals surface area (Å²) in [4.78, 5) is 25.1. The van der Waals surface area contributed by atoms with Crippen molar-refractivity contribution in [1.82, 2.24) is 9.21 Å². The van der Waals surface area contributed by atoms with Crippen molar-refractivity contribution in [2.24, 2.45) is 0 Å². The summed E-state index contributed by atoms with van der Waals surface area (Å²) < 4.78 is 35.8. The number of nitrogens with zero attached hydrogens (tertiary/aromatic N) is 2. The van der Waals surface area contributed by atoms with Gasteiger partial charge >= 0.3 is 5.97 Å². The summed E-state index contributed by atoms with van der Waals surface area (Å²) in [5.74, 6) is -1.06. The number of hydrogen-bond acceptors (Lipinski definition) is 6. The Morgan fingerprint density at radius 1 is 1.12 bits per heavy atom. The fraction of sp³-hybridized carbons (Fsp3) is 0.467. The first-order chi connectivity index (χ1) is 11.0. The maximum atomic E-state index is 12.3. The smallest absolute Gasteiger partial charge is 0.338 e. The fourth-order valence-corrected chi connectivity index (χ4v) is 2.92. The number of carbonyl (C=O) groups excluding carboxylic acids is 2. The molecule has 0 radical (unpaired) electrons. The summed E-state index contributed by atoms with van der Waals surface area (Å²) in [6.07, 6.45) is -0.983. The van der Waals surface area contributed by atoms with Crippen LogP contribution in [-0.2, 0) is 19.6 Å². The van der Waals surface area contributed by atoms with E-state index in [0.717, 1.165) is 4.31 Å². The first-order valence-corrected chi connectivity index (χ1v) is 8.49. The van der Waals surface area contributed by atoms with Crippen LogP contribution in [0.4, 0.5) is 0 Å². The molecule has 0 saturated heterocycles. The third kappa shape index (κ3) is 4.24. The molecular formula is C15H22N2O6S. The molecule has 134 valence electrons. The predicted octanol–water partition coefficient (Wildman–Crippen LogP) is 0.579. The molecule has 1 amide bonds. The second kappa shape index (κ2) is 7.63. The number of ether oxygens (including phenoxy) is 2. The van der Waals surface area contributed by atoms with E-state index in [1.165, 1.54) is 51.2 Å². The van der Waals surface area contributed by atoms with Crippen LogP contribution in [0.15, 0.2) is 23.1 Å². The molecule has 9 heteroatoms. The van der Waals surface area contributed by atoms with Gasteiger partial charge in [0.25, 0.3) is 5.91 Å². The van der Waals surface area contributed by atoms with Gasteiger partial charge in [0.1, 0.15) is 10.6 Å². The first-order valence-electron chi connectivity index (χ1n) is 7.05. The maximum absolute atomic E-state index is 12.3. The normalized spacial score (nSPS) is 12.6. The molecule has 0 aliphatic heterocycles. The number of amides is 1. The van der Waals surface area contributed by atoms with Gasteiger partial charge in [0.15, 0.2) is 6.10 Å². The molecular weight excluding hydrogens is 336 g/mol. The highest BCUT2D eigenvalue weighted by molar-refractivity contribution is 7.89. The van der Waals surface area contributed by atoms with Crippen LogP contribution in [0.25, 0.3) is 0 Å². The number of sulfonamides is 1. The van der Waals surface area contributed by atoms with E-state index in [-0.39, 0.29) is 22.1 Å². The number of carbonyl (C=O) groups is 2. The van der Waals surface area contributed by atoms with E-state index >= 15 is 0 Å². The van der Waals surface area contributed by atoms with Crippen molar-refractivity contribution in [1.29, 1.82) is 0 Å². The second-order valence-corrected chi connectivity index (χ2v) is 7.55. The summed E-state index contributed by atoms with van der Waals surface area (Å²) in [6.45, 7) is 1.45. The lowest BCUT2D eigenvalue weighted by atomic mass is 10.2. The Morgan fingerprint density at radius 2 is 1.71 bits per heavy atom. The van der Waals surface area contributed by atoms with E-state index in [9.17, 15) is 18.0 Å². The molecule has 1 atom stereocenters. The number of hydrogen-bond donors (Lipinski definition) is 0. The Hall–Kier alpha value is -2.13. The van der Waals surface area contributed by atoms with Gasteiger partial charge in [0.2, 0.25) is 10.0 Å². The largest absolute Gasteiger partial charge is 0.495 e. The molecule has 0 spiro atoms. The minimum Gasteiger partial charge on any atom is -0.495 e. The molecule has 1 rings (SSSR count). The van der Waals surface area contributed by atoms with Crippen LogP contribution in [0.1, 0.15) is 17.3 Å². The van der Waals surface area contributed by atoms with E-state index in [4.69, 9.17) is 9.47 Å². The van der Waals surface area contributed by atoms with E-state index < -0.39 is 22.1 Å². The number of likely N-dealkylation sites (N-methyl/N-ethyl adjacent to an activating group) is 1. The van der Waals surface area contributed by atoms with Crippen LogP contribution < -0.4 is 4.74 Å². The van der Waals surface area contributed by atoms with Gasteiger partial charge in [0, 0.05) is 28.2 Å². The zero-order chi connectivity index (χ0) is 18.7. The summed E-state index contributed by atoms with van der Waals surface area (Å²) in [6, 6.07) is 3.91. The van der Waals surface area contributed by atoms with E-state index in [2.05, 4.69) is 0 Å². The van der Waals surface area contributed by atoms with Crippen LogP contribution in [-0.4, -0.2) is 70.9 Å². The van der Waals surface area contributed by atoms with Gasteiger partial charge in [-0.25, -0.2) is 17.5 Å². The van der Waals surface area contributed by atoms with Gasteiger partial charge in [-0.15, -0.1) is 0 Å². The molecule has 0 saturated carbocycles. The molecule has 0 heterocycles. The lowest BCUT2D eigenvalue weighted by Gasteiger charge is -2.18. The summed E-state index contributed by atoms with van der Waals surface area (Å²) in [5.41, 5.74) is 0.00892. The summed E-state index contributed by atoms with van der Waals surface area (Å²) >= 11 is 0. The van der Waals surface area contributed by atoms with Gasteiger partial charge in [-0.1, -0.05) is 0 Å². The molecule has 1 aromatic rings. The number of rotatable bonds is 6. The van der Waals surface area contributed by atoms with Crippen molar-refractivity contribution in [3.05, 3.63) is 23.8 Å². The SMILES string of the molecule is COc1ccc(C(=O)O[C@@H](C)C(=O)N(C)C)cc1S(=O)(=O)N(C)C. The number of esters is 1. The lowest BCUT2D eigenvalue weighted by Crippen LogP contribution is -2.35. The van der Waals surface area contributed by atoms with Gasteiger partial charge in [-0.3, -0.25) is 4.79 Å². The highest BCUT2D eigenvalue weighted by Gasteiger charge is 2.26. The zero-order valence-corrected chi connectivity index (χ0v) is 15.4. The van der Waals surface area contributed by atoms with Crippen LogP contribution in [0.3, 0.4) is 0 Å². The number of benzene rings is 1. The van der Waals surface area contributed by atoms with Gasteiger partial charge in [-0.05, 0) is 25.1 Å². The van der Waals surface area contributed by atoms with Crippen LogP contribution in [0.2, 0.25) is 0 Å². The Labute approximate surface area is 142 Å². The minimum atomic E-state index is -3.81. The Morgan fingerprint density at radius 3 is 2.17 bits per heavy atom. The van der Waals surface area contributed by atoms with Crippen molar-refractivity contribution in [3.8, 4) is 5.75 Å². The molecule has 0 N–H and O–H groups in total. The molecule has 0 aliphatic carbocycles. The molecule has 24 heavy (non-hydrogen) atoms. The Balaban J connectivity index is 3.19. The molecule has 0 aliphatic rings. The molecule has 0 unspecified atom stereocenters. The molecule has 0 fully saturated rings. The minimum absolute atomic E-state index is 0.00892. The quantitative estimate of drug-likeness (QED) is 0.691. The van der Waals surface area contributed by atoms with Crippen LogP contribution in [0.5, 0.6) is 5.75 Å². The zero-order valence-electron chi connectivity index (χ0n) is 14.6. The maximum Gasteiger partial charge on any atom is 0.338 e. The standard InChI is InChI=1S/C15H22N2O6S/c1-10(14(18)16(2)3)23-15(19)11-7-8-12(22-6)13(9-11)24(20,21)17(4)5/h7-10H,1-6H3/t10-/m0/s1. The summed E-state index contributed by atoms with van der Waals surface area (Å²) in [7, 11) is 3.36. The third-order valence-electron chi connectivity index (χ3n) is 3.23. The van der Waals surface area contributed by atoms with E-state index in [0.29, 0.717) is 0 Å². The molecule has 8 nitrogen and oxygen atoms in total. The van der Waals surface area contributed by atoms with Crippen molar-refractivity contribution in [2.75, 3.05) is 35.3 Å². The Bertz CT molecular complexity index is 727. The highest BCUT2D eigenvalue weighted by Crippen LogP contribution is 2.27. The summed E-state index contributed by atoms with van der Waals surface area (Å²) in [5, 5.41) is 0. The van der Waals surface area contributed by atoms with Gasteiger partial charge in [-0.2, -0.15) is 0 Å². The third-order valence-corrected chi connectivity index (χ3v) is 5.07. The molecule has 0 bridgehead atoms. The predicted molar refractivity (Wildman–Crippen MR) is 87.4 cm³/mol. The average Bonchev–Trinajstić information content (AvgIpc) is 2.52. The average molecular weight is 358 g/mol. The Kier molecular flexibility index (Phi) is 6.33. The van der Waals surface area contributed by atoms with E-state index in [1.54, 1.807) is 14.1 Å². The van der Waals surface area contributed by atoms with Crippen molar-refractivity contribution in [2.45, 2.75) is 17.9 Å². The fourth-order valence-electron chi connectivity index (χ4n) is 1.84. The van der Waals surface area contributed by atoms with Gasteiger partial charge < -0.3 is 14.4 Å². The van der Waals surface area contributed by atoms with Gasteiger partial charge in [0.05, 0.1) is 12.7 Å². The van der Waals surface area contributed by atoms with Crippen LogP contribution in [0, 0.1) is 0 Å². The highest BCUT2D eigenvalue weighted by atomic mass is 32.2. The molecule has 1 aromatic carbocycles. The lowest BCUT2D eigenvalue weighted by molar-refractivity contribution is -0.137. The van der Waals surface area contributed by atoms with Crippen LogP contribution >= 0.6 is 0 Å². The first kappa shape index (κ1) is 19.9.